The van der Waals surface area contributed by atoms with Crippen LogP contribution >= 0.6 is 11.8 Å². The Labute approximate surface area is 131 Å². The molecule has 1 saturated carbocycles. The molecule has 0 amide bonds. The number of hydrogen-bond donors (Lipinski definition) is 1. The number of alkyl halides is 1. The Balaban J connectivity index is 1.93. The molecule has 0 radical (unpaired) electrons. The molecule has 3 nitrogen and oxygen atoms in total. The standard InChI is InChI=1S/C16H27FN2OS/c1-12-9-15(17)11-21-14(18)19-16(15,10-20-12)13-7-5-3-2-4-6-8-13/h12-13H,2-11H2,1H3,(H2,18,19)/t12-,15+,16+/m0/s1. The lowest BCUT2D eigenvalue weighted by atomic mass is 9.66. The minimum absolute atomic E-state index is 0.0215. The van der Waals surface area contributed by atoms with Gasteiger partial charge in [0.15, 0.2) is 10.8 Å². The molecule has 2 aliphatic heterocycles. The van der Waals surface area contributed by atoms with Crippen LogP contribution in [0.4, 0.5) is 4.39 Å². The average molecular weight is 314 g/mol. The number of thioether (sulfide) groups is 1. The maximum absolute atomic E-state index is 15.9. The molecule has 0 unspecified atom stereocenters. The van der Waals surface area contributed by atoms with Crippen molar-refractivity contribution >= 4 is 16.9 Å². The summed E-state index contributed by atoms with van der Waals surface area (Å²) >= 11 is 1.37. The van der Waals surface area contributed by atoms with Crippen molar-refractivity contribution in [2.75, 3.05) is 12.4 Å². The second-order valence-corrected chi connectivity index (χ2v) is 7.99. The molecule has 2 N–H and O–H groups in total. The van der Waals surface area contributed by atoms with Gasteiger partial charge in [-0.15, -0.1) is 0 Å². The monoisotopic (exact) mass is 314 g/mol. The van der Waals surface area contributed by atoms with Crippen molar-refractivity contribution in [3.8, 4) is 0 Å². The van der Waals surface area contributed by atoms with E-state index in [-0.39, 0.29) is 12.0 Å². The number of halogens is 1. The Bertz CT molecular complexity index is 411. The van der Waals surface area contributed by atoms with Gasteiger partial charge in [0.2, 0.25) is 0 Å². The van der Waals surface area contributed by atoms with Gasteiger partial charge in [-0.3, -0.25) is 0 Å². The first-order valence-electron chi connectivity index (χ1n) is 8.34. The van der Waals surface area contributed by atoms with Crippen molar-refractivity contribution in [1.82, 2.24) is 0 Å². The molecular formula is C16H27FN2OS. The molecule has 2 heterocycles. The Morgan fingerprint density at radius 2 is 1.90 bits per heavy atom. The van der Waals surface area contributed by atoms with E-state index in [9.17, 15) is 0 Å². The highest BCUT2D eigenvalue weighted by molar-refractivity contribution is 8.13. The molecule has 1 saturated heterocycles. The fourth-order valence-electron chi connectivity index (χ4n) is 4.33. The van der Waals surface area contributed by atoms with Gasteiger partial charge in [-0.05, 0) is 25.7 Å². The molecule has 1 aliphatic carbocycles. The number of ether oxygens (including phenoxy) is 1. The second-order valence-electron chi connectivity index (χ2n) is 7.00. The van der Waals surface area contributed by atoms with Gasteiger partial charge in [-0.25, -0.2) is 9.38 Å². The maximum atomic E-state index is 15.9. The Kier molecular flexibility index (Phi) is 4.51. The fourth-order valence-corrected chi connectivity index (χ4v) is 5.30. The molecule has 0 aromatic carbocycles. The summed E-state index contributed by atoms with van der Waals surface area (Å²) in [5.41, 5.74) is 4.00. The first-order valence-corrected chi connectivity index (χ1v) is 9.33. The minimum Gasteiger partial charge on any atom is -0.379 e. The quantitative estimate of drug-likeness (QED) is 0.803. The van der Waals surface area contributed by atoms with Gasteiger partial charge in [-0.2, -0.15) is 0 Å². The third-order valence-electron chi connectivity index (χ3n) is 5.51. The van der Waals surface area contributed by atoms with Crippen LogP contribution in [0.25, 0.3) is 0 Å². The molecule has 3 rings (SSSR count). The molecule has 120 valence electrons. The van der Waals surface area contributed by atoms with Crippen LogP contribution in [-0.4, -0.2) is 34.8 Å². The lowest BCUT2D eigenvalue weighted by molar-refractivity contribution is -0.126. The number of nitrogens with zero attached hydrogens (tertiary/aromatic N) is 1. The molecule has 0 bridgehead atoms. The molecule has 0 spiro atoms. The molecule has 0 aromatic rings. The van der Waals surface area contributed by atoms with Crippen molar-refractivity contribution in [2.24, 2.45) is 16.6 Å². The summed E-state index contributed by atoms with van der Waals surface area (Å²) in [4.78, 5) is 4.70. The zero-order chi connectivity index (χ0) is 14.9. The minimum atomic E-state index is -1.26. The Hall–Kier alpha value is -0.290. The predicted molar refractivity (Wildman–Crippen MR) is 86.5 cm³/mol. The highest BCUT2D eigenvalue weighted by atomic mass is 32.2. The van der Waals surface area contributed by atoms with Gasteiger partial charge in [0.05, 0.1) is 12.7 Å². The normalized spacial score (nSPS) is 42.6. The van der Waals surface area contributed by atoms with E-state index in [0.29, 0.717) is 23.9 Å². The van der Waals surface area contributed by atoms with Crippen molar-refractivity contribution < 1.29 is 9.13 Å². The predicted octanol–water partition coefficient (Wildman–Crippen LogP) is 3.66. The van der Waals surface area contributed by atoms with Crippen LogP contribution in [-0.2, 0) is 4.74 Å². The summed E-state index contributed by atoms with van der Waals surface area (Å²) in [6.45, 7) is 2.37. The van der Waals surface area contributed by atoms with Gasteiger partial charge in [-0.1, -0.05) is 43.9 Å². The van der Waals surface area contributed by atoms with Crippen LogP contribution in [0.2, 0.25) is 0 Å². The number of nitrogens with two attached hydrogens (primary N) is 1. The smallest absolute Gasteiger partial charge is 0.154 e. The summed E-state index contributed by atoms with van der Waals surface area (Å²) in [7, 11) is 0. The van der Waals surface area contributed by atoms with E-state index in [1.54, 1.807) is 0 Å². The molecular weight excluding hydrogens is 287 g/mol. The van der Waals surface area contributed by atoms with Crippen molar-refractivity contribution in [2.45, 2.75) is 75.6 Å². The maximum Gasteiger partial charge on any atom is 0.154 e. The van der Waals surface area contributed by atoms with E-state index < -0.39 is 11.2 Å². The van der Waals surface area contributed by atoms with Crippen LogP contribution < -0.4 is 5.73 Å². The number of rotatable bonds is 1. The lowest BCUT2D eigenvalue weighted by Gasteiger charge is -2.53. The van der Waals surface area contributed by atoms with Crippen LogP contribution in [0.15, 0.2) is 4.99 Å². The van der Waals surface area contributed by atoms with Gasteiger partial charge in [0.1, 0.15) is 5.54 Å². The van der Waals surface area contributed by atoms with E-state index in [4.69, 9.17) is 15.5 Å². The van der Waals surface area contributed by atoms with Crippen molar-refractivity contribution in [3.05, 3.63) is 0 Å². The van der Waals surface area contributed by atoms with Gasteiger partial charge < -0.3 is 10.5 Å². The lowest BCUT2D eigenvalue weighted by Crippen LogP contribution is -2.65. The Morgan fingerprint density at radius 1 is 1.24 bits per heavy atom. The van der Waals surface area contributed by atoms with E-state index in [2.05, 4.69) is 0 Å². The molecule has 0 aromatic heterocycles. The van der Waals surface area contributed by atoms with Crippen molar-refractivity contribution in [1.29, 1.82) is 0 Å². The van der Waals surface area contributed by atoms with Gasteiger partial charge in [0, 0.05) is 12.2 Å². The topological polar surface area (TPSA) is 47.6 Å². The Morgan fingerprint density at radius 3 is 2.62 bits per heavy atom. The highest BCUT2D eigenvalue weighted by Gasteiger charge is 2.61. The summed E-state index contributed by atoms with van der Waals surface area (Å²) in [5.74, 6) is 0.710. The van der Waals surface area contributed by atoms with E-state index in [1.165, 1.54) is 43.9 Å². The molecule has 3 atom stereocenters. The first kappa shape index (κ1) is 15.6. The summed E-state index contributed by atoms with van der Waals surface area (Å²) in [5, 5.41) is 0.545. The molecule has 21 heavy (non-hydrogen) atoms. The second kappa shape index (κ2) is 6.07. The first-order chi connectivity index (χ1) is 10.1. The largest absolute Gasteiger partial charge is 0.379 e. The summed E-state index contributed by atoms with van der Waals surface area (Å²) in [6.07, 6.45) is 8.75. The molecule has 2 fully saturated rings. The highest BCUT2D eigenvalue weighted by Crippen LogP contribution is 2.51. The zero-order valence-electron chi connectivity index (χ0n) is 12.9. The molecule has 3 aliphatic rings. The third-order valence-corrected chi connectivity index (χ3v) is 6.50. The van der Waals surface area contributed by atoms with Crippen molar-refractivity contribution in [3.63, 3.8) is 0 Å². The zero-order valence-corrected chi connectivity index (χ0v) is 13.8. The number of hydrogen-bond acceptors (Lipinski definition) is 4. The molecule has 5 heteroatoms. The fraction of sp³-hybridized carbons (Fsp3) is 0.938. The number of aliphatic imine (C=N–C) groups is 1. The van der Waals surface area contributed by atoms with Crippen LogP contribution in [0.3, 0.4) is 0 Å². The van der Waals surface area contributed by atoms with Crippen LogP contribution in [0, 0.1) is 5.92 Å². The third kappa shape index (κ3) is 2.83. The van der Waals surface area contributed by atoms with E-state index in [1.807, 2.05) is 6.92 Å². The van der Waals surface area contributed by atoms with E-state index in [0.717, 1.165) is 12.8 Å². The number of fused-ring (bicyclic) bond motifs is 1. The SMILES string of the molecule is C[C@H]1C[C@@]2(F)CSC(N)=N[C@@]2(C2CCCCCCC2)CO1. The summed E-state index contributed by atoms with van der Waals surface area (Å²) in [6, 6.07) is 0. The number of amidine groups is 1. The average Bonchev–Trinajstić information content (AvgIpc) is 2.39. The summed E-state index contributed by atoms with van der Waals surface area (Å²) < 4.78 is 21.7. The van der Waals surface area contributed by atoms with Crippen LogP contribution in [0.1, 0.15) is 58.3 Å². The van der Waals surface area contributed by atoms with Gasteiger partial charge >= 0.3 is 0 Å². The van der Waals surface area contributed by atoms with Gasteiger partial charge in [0.25, 0.3) is 0 Å². The van der Waals surface area contributed by atoms with E-state index >= 15 is 4.39 Å². The van der Waals surface area contributed by atoms with Crippen LogP contribution in [0.5, 0.6) is 0 Å².